The van der Waals surface area contributed by atoms with Gasteiger partial charge in [0, 0.05) is 6.20 Å². The van der Waals surface area contributed by atoms with Gasteiger partial charge in [-0.3, -0.25) is 4.40 Å². The standard InChI is InChI=1S/C17H15F3N4/c1-10-4-6-14(11(2)8-10)22-23-16-12(3)21-15-7-5-13(9-24(15)16)17(18,19)20/h4-9H,1-3H3. The molecule has 0 amide bonds. The molecule has 0 N–H and O–H groups in total. The number of aromatic nitrogens is 2. The summed E-state index contributed by atoms with van der Waals surface area (Å²) in [7, 11) is 0. The largest absolute Gasteiger partial charge is 0.417 e. The van der Waals surface area contributed by atoms with Crippen molar-refractivity contribution < 1.29 is 13.2 Å². The van der Waals surface area contributed by atoms with Gasteiger partial charge in [-0.05, 0) is 44.5 Å². The zero-order valence-electron chi connectivity index (χ0n) is 13.4. The van der Waals surface area contributed by atoms with Gasteiger partial charge in [0.1, 0.15) is 5.65 Å². The fraction of sp³-hybridized carbons (Fsp3) is 0.235. The smallest absolute Gasteiger partial charge is 0.282 e. The van der Waals surface area contributed by atoms with Gasteiger partial charge >= 0.3 is 6.18 Å². The Morgan fingerprint density at radius 2 is 1.75 bits per heavy atom. The maximum absolute atomic E-state index is 12.9. The molecule has 2 aromatic heterocycles. The lowest BCUT2D eigenvalue weighted by atomic mass is 10.1. The first kappa shape index (κ1) is 16.2. The summed E-state index contributed by atoms with van der Waals surface area (Å²) in [6.07, 6.45) is -3.43. The summed E-state index contributed by atoms with van der Waals surface area (Å²) in [4.78, 5) is 4.23. The van der Waals surface area contributed by atoms with Gasteiger partial charge in [0.25, 0.3) is 0 Å². The van der Waals surface area contributed by atoms with Gasteiger partial charge in [-0.2, -0.15) is 13.2 Å². The maximum atomic E-state index is 12.9. The molecule has 0 spiro atoms. The maximum Gasteiger partial charge on any atom is 0.417 e. The summed E-state index contributed by atoms with van der Waals surface area (Å²) in [5.74, 6) is 0.288. The fourth-order valence-corrected chi connectivity index (χ4v) is 2.46. The third-order valence-corrected chi connectivity index (χ3v) is 3.69. The fourth-order valence-electron chi connectivity index (χ4n) is 2.46. The van der Waals surface area contributed by atoms with E-state index < -0.39 is 11.7 Å². The number of aryl methyl sites for hydroxylation is 3. The van der Waals surface area contributed by atoms with Gasteiger partial charge in [0.15, 0.2) is 5.82 Å². The van der Waals surface area contributed by atoms with Gasteiger partial charge in [-0.1, -0.05) is 17.7 Å². The van der Waals surface area contributed by atoms with Crippen molar-refractivity contribution in [1.29, 1.82) is 0 Å². The Labute approximate surface area is 136 Å². The number of hydrogen-bond acceptors (Lipinski definition) is 3. The molecule has 0 saturated carbocycles. The number of alkyl halides is 3. The Balaban J connectivity index is 2.08. The molecular weight excluding hydrogens is 317 g/mol. The number of fused-ring (bicyclic) bond motifs is 1. The zero-order valence-corrected chi connectivity index (χ0v) is 13.4. The van der Waals surface area contributed by atoms with Crippen molar-refractivity contribution in [3.63, 3.8) is 0 Å². The number of nitrogens with zero attached hydrogens (tertiary/aromatic N) is 4. The normalized spacial score (nSPS) is 12.4. The van der Waals surface area contributed by atoms with Crippen molar-refractivity contribution in [3.05, 3.63) is 58.9 Å². The molecule has 4 nitrogen and oxygen atoms in total. The van der Waals surface area contributed by atoms with Crippen LogP contribution in [0.4, 0.5) is 24.7 Å². The van der Waals surface area contributed by atoms with E-state index in [4.69, 9.17) is 0 Å². The first-order valence-corrected chi connectivity index (χ1v) is 7.30. The van der Waals surface area contributed by atoms with E-state index in [-0.39, 0.29) is 5.82 Å². The van der Waals surface area contributed by atoms with E-state index in [0.29, 0.717) is 17.0 Å². The minimum absolute atomic E-state index is 0.288. The monoisotopic (exact) mass is 332 g/mol. The van der Waals surface area contributed by atoms with Gasteiger partial charge < -0.3 is 0 Å². The SMILES string of the molecule is Cc1ccc(N=Nc2c(C)nc3ccc(C(F)(F)F)cn23)c(C)c1. The number of imidazole rings is 1. The summed E-state index contributed by atoms with van der Waals surface area (Å²) in [5, 5.41) is 8.31. The highest BCUT2D eigenvalue weighted by Crippen LogP contribution is 2.32. The predicted molar refractivity (Wildman–Crippen MR) is 85.0 cm³/mol. The molecule has 0 fully saturated rings. The van der Waals surface area contributed by atoms with Gasteiger partial charge in [-0.25, -0.2) is 4.98 Å². The molecule has 3 aromatic rings. The van der Waals surface area contributed by atoms with Crippen LogP contribution in [0.3, 0.4) is 0 Å². The predicted octanol–water partition coefficient (Wildman–Crippen LogP) is 5.69. The van der Waals surface area contributed by atoms with E-state index in [2.05, 4.69) is 15.2 Å². The molecule has 0 aliphatic heterocycles. The second kappa shape index (κ2) is 5.74. The van der Waals surface area contributed by atoms with E-state index in [9.17, 15) is 13.2 Å². The second-order valence-electron chi connectivity index (χ2n) is 5.65. The van der Waals surface area contributed by atoms with E-state index in [1.165, 1.54) is 10.5 Å². The molecule has 0 saturated heterocycles. The van der Waals surface area contributed by atoms with Crippen molar-refractivity contribution in [2.45, 2.75) is 26.9 Å². The molecule has 0 bridgehead atoms. The van der Waals surface area contributed by atoms with Crippen LogP contribution in [0.2, 0.25) is 0 Å². The van der Waals surface area contributed by atoms with Crippen LogP contribution in [0, 0.1) is 20.8 Å². The molecule has 0 unspecified atom stereocenters. The van der Waals surface area contributed by atoms with E-state index in [1.807, 2.05) is 32.0 Å². The minimum Gasteiger partial charge on any atom is -0.282 e. The summed E-state index contributed by atoms with van der Waals surface area (Å²) < 4.78 is 40.0. The Kier molecular flexibility index (Phi) is 3.87. The third-order valence-electron chi connectivity index (χ3n) is 3.69. The lowest BCUT2D eigenvalue weighted by molar-refractivity contribution is -0.137. The number of halogens is 3. The molecule has 0 radical (unpaired) electrons. The van der Waals surface area contributed by atoms with Crippen molar-refractivity contribution in [3.8, 4) is 0 Å². The number of benzene rings is 1. The van der Waals surface area contributed by atoms with Crippen LogP contribution in [0.1, 0.15) is 22.4 Å². The van der Waals surface area contributed by atoms with Crippen LogP contribution in [0.25, 0.3) is 5.65 Å². The molecule has 0 aliphatic rings. The molecular formula is C17H15F3N4. The average Bonchev–Trinajstić information content (AvgIpc) is 2.80. The molecule has 0 aliphatic carbocycles. The van der Waals surface area contributed by atoms with Crippen LogP contribution in [-0.2, 0) is 6.18 Å². The minimum atomic E-state index is -4.42. The van der Waals surface area contributed by atoms with Crippen LogP contribution >= 0.6 is 0 Å². The Morgan fingerprint density at radius 1 is 1.00 bits per heavy atom. The molecule has 0 atom stereocenters. The summed E-state index contributed by atoms with van der Waals surface area (Å²) in [6.45, 7) is 5.57. The number of pyridine rings is 1. The van der Waals surface area contributed by atoms with Crippen molar-refractivity contribution >= 4 is 17.2 Å². The Morgan fingerprint density at radius 3 is 2.42 bits per heavy atom. The second-order valence-corrected chi connectivity index (χ2v) is 5.65. The highest BCUT2D eigenvalue weighted by atomic mass is 19.4. The quantitative estimate of drug-likeness (QED) is 0.556. The van der Waals surface area contributed by atoms with Gasteiger partial charge in [-0.15, -0.1) is 10.2 Å². The summed E-state index contributed by atoms with van der Waals surface area (Å²) >= 11 is 0. The molecule has 124 valence electrons. The van der Waals surface area contributed by atoms with Crippen molar-refractivity contribution in [2.24, 2.45) is 10.2 Å². The lowest BCUT2D eigenvalue weighted by Gasteiger charge is -2.07. The lowest BCUT2D eigenvalue weighted by Crippen LogP contribution is -2.06. The molecule has 24 heavy (non-hydrogen) atoms. The van der Waals surface area contributed by atoms with Crippen LogP contribution in [-0.4, -0.2) is 9.38 Å². The van der Waals surface area contributed by atoms with E-state index in [1.54, 1.807) is 6.92 Å². The first-order chi connectivity index (χ1) is 11.3. The number of rotatable bonds is 2. The highest BCUT2D eigenvalue weighted by Gasteiger charge is 2.31. The average molecular weight is 332 g/mol. The van der Waals surface area contributed by atoms with Gasteiger partial charge in [0.05, 0.1) is 16.9 Å². The van der Waals surface area contributed by atoms with Crippen molar-refractivity contribution in [2.75, 3.05) is 0 Å². The summed E-state index contributed by atoms with van der Waals surface area (Å²) in [6, 6.07) is 8.04. The zero-order chi connectivity index (χ0) is 17.5. The summed E-state index contributed by atoms with van der Waals surface area (Å²) in [5.41, 5.74) is 2.88. The molecule has 1 aromatic carbocycles. The number of hydrogen-bond donors (Lipinski definition) is 0. The van der Waals surface area contributed by atoms with Gasteiger partial charge in [0.2, 0.25) is 0 Å². The topological polar surface area (TPSA) is 42.0 Å². The van der Waals surface area contributed by atoms with Crippen LogP contribution < -0.4 is 0 Å². The molecule has 2 heterocycles. The van der Waals surface area contributed by atoms with Crippen LogP contribution in [0.15, 0.2) is 46.8 Å². The Hall–Kier alpha value is -2.70. The highest BCUT2D eigenvalue weighted by molar-refractivity contribution is 5.53. The van der Waals surface area contributed by atoms with Crippen molar-refractivity contribution in [1.82, 2.24) is 9.38 Å². The number of azo groups is 1. The van der Waals surface area contributed by atoms with Crippen LogP contribution in [0.5, 0.6) is 0 Å². The Bertz CT molecular complexity index is 939. The van der Waals surface area contributed by atoms with E-state index >= 15 is 0 Å². The molecule has 7 heteroatoms. The van der Waals surface area contributed by atoms with E-state index in [0.717, 1.165) is 23.4 Å². The third kappa shape index (κ3) is 3.02. The first-order valence-electron chi connectivity index (χ1n) is 7.30. The molecule has 3 rings (SSSR count).